The molecule has 1 aliphatic carbocycles. The molecule has 4 atom stereocenters. The van der Waals surface area contributed by atoms with Crippen molar-refractivity contribution in [2.75, 3.05) is 20.2 Å². The molecule has 1 saturated heterocycles. The second-order valence-electron chi connectivity index (χ2n) is 7.96. The van der Waals surface area contributed by atoms with Gasteiger partial charge in [0.2, 0.25) is 5.88 Å². The van der Waals surface area contributed by atoms with Crippen molar-refractivity contribution in [3.05, 3.63) is 11.8 Å². The first-order chi connectivity index (χ1) is 11.4. The molecule has 132 valence electrons. The molecule has 3 aliphatic rings. The molecule has 1 saturated carbocycles. The number of fused-ring (bicyclic) bond motifs is 1. The highest BCUT2D eigenvalue weighted by Gasteiger charge is 2.58. The van der Waals surface area contributed by atoms with Crippen LogP contribution in [-0.2, 0) is 6.54 Å². The molecule has 7 heteroatoms. The number of nitrogens with zero attached hydrogens (tertiary/aromatic N) is 3. The van der Waals surface area contributed by atoms with Crippen molar-refractivity contribution in [2.45, 2.75) is 51.4 Å². The summed E-state index contributed by atoms with van der Waals surface area (Å²) in [6.07, 6.45) is 1.10. The maximum absolute atomic E-state index is 12.5. The molecule has 7 nitrogen and oxygen atoms in total. The highest BCUT2D eigenvalue weighted by atomic mass is 16.5. The summed E-state index contributed by atoms with van der Waals surface area (Å²) in [4.78, 5) is 14.8. The molecule has 2 N–H and O–H groups in total. The molecule has 3 heterocycles. The van der Waals surface area contributed by atoms with E-state index in [4.69, 9.17) is 4.74 Å². The number of hydrogen-bond acceptors (Lipinski definition) is 5. The molecular weight excluding hydrogens is 308 g/mol. The minimum atomic E-state index is -0.491. The van der Waals surface area contributed by atoms with Gasteiger partial charge in [0, 0.05) is 24.1 Å². The van der Waals surface area contributed by atoms with Gasteiger partial charge in [-0.3, -0.25) is 4.79 Å². The summed E-state index contributed by atoms with van der Waals surface area (Å²) in [5, 5.41) is 17.8. The predicted octanol–water partition coefficient (Wildman–Crippen LogP) is 0.485. The van der Waals surface area contributed by atoms with Crippen LogP contribution in [0.3, 0.4) is 0 Å². The third-order valence-electron chi connectivity index (χ3n) is 5.85. The molecule has 1 aromatic heterocycles. The lowest BCUT2D eigenvalue weighted by atomic mass is 9.66. The Morgan fingerprint density at radius 2 is 2.29 bits per heavy atom. The van der Waals surface area contributed by atoms with E-state index in [0.717, 1.165) is 19.4 Å². The van der Waals surface area contributed by atoms with Gasteiger partial charge >= 0.3 is 0 Å². The van der Waals surface area contributed by atoms with Crippen molar-refractivity contribution < 1.29 is 14.6 Å². The van der Waals surface area contributed by atoms with Crippen LogP contribution in [0.5, 0.6) is 5.88 Å². The number of aliphatic hydroxyl groups is 1. The van der Waals surface area contributed by atoms with Crippen molar-refractivity contribution in [3.8, 4) is 5.88 Å². The number of aromatic nitrogens is 2. The Bertz CT molecular complexity index is 632. The Morgan fingerprint density at radius 3 is 2.96 bits per heavy atom. The first-order valence-electron chi connectivity index (χ1n) is 8.79. The zero-order chi connectivity index (χ0) is 17.1. The van der Waals surface area contributed by atoms with Crippen LogP contribution in [-0.4, -0.2) is 64.1 Å². The number of hydrogen-bond donors (Lipinski definition) is 2. The molecule has 0 bridgehead atoms. The zero-order valence-electron chi connectivity index (χ0n) is 14.5. The fourth-order valence-corrected chi connectivity index (χ4v) is 5.26. The molecule has 2 fully saturated rings. The average molecular weight is 334 g/mol. The van der Waals surface area contributed by atoms with Gasteiger partial charge in [0.15, 0.2) is 5.69 Å². The van der Waals surface area contributed by atoms with E-state index in [1.54, 1.807) is 10.7 Å². The van der Waals surface area contributed by atoms with Gasteiger partial charge in [0.1, 0.15) is 6.61 Å². The lowest BCUT2D eigenvalue weighted by molar-refractivity contribution is -0.0827. The molecular formula is C17H26N4O3. The lowest BCUT2D eigenvalue weighted by Crippen LogP contribution is -2.64. The van der Waals surface area contributed by atoms with Crippen LogP contribution >= 0.6 is 0 Å². The Balaban J connectivity index is 1.44. The van der Waals surface area contributed by atoms with Crippen LogP contribution in [0.4, 0.5) is 0 Å². The van der Waals surface area contributed by atoms with Gasteiger partial charge in [0.05, 0.1) is 18.7 Å². The minimum absolute atomic E-state index is 0.124. The summed E-state index contributed by atoms with van der Waals surface area (Å²) in [7, 11) is 2.14. The van der Waals surface area contributed by atoms with Crippen LogP contribution in [0, 0.1) is 11.3 Å². The standard InChI is InChI=1S/C17H26N4O3/c1-10(2)15-17(9-20(15)3)7-12(13(22)8-17)18-16(23)11-6-14-21(19-11)4-5-24-14/h6,10,12-13,15,22H,4-5,7-9H2,1-3H3,(H,18,23)/t12-,13-,15?,17?/m1/s1. The highest BCUT2D eigenvalue weighted by molar-refractivity contribution is 5.92. The molecule has 4 rings (SSSR count). The number of amides is 1. The average Bonchev–Trinajstić information content (AvgIpc) is 3.12. The molecule has 1 spiro atoms. The lowest BCUT2D eigenvalue weighted by Gasteiger charge is -2.57. The summed E-state index contributed by atoms with van der Waals surface area (Å²) < 4.78 is 7.10. The van der Waals surface area contributed by atoms with Gasteiger partial charge in [-0.05, 0) is 25.8 Å². The number of likely N-dealkylation sites (tertiary alicyclic amines) is 1. The van der Waals surface area contributed by atoms with Gasteiger partial charge in [-0.1, -0.05) is 13.8 Å². The Hall–Kier alpha value is -1.60. The van der Waals surface area contributed by atoms with E-state index in [2.05, 4.69) is 36.2 Å². The fourth-order valence-electron chi connectivity index (χ4n) is 5.26. The normalized spacial score (nSPS) is 35.1. The van der Waals surface area contributed by atoms with Crippen molar-refractivity contribution in [3.63, 3.8) is 0 Å². The van der Waals surface area contributed by atoms with Crippen LogP contribution in [0.15, 0.2) is 6.07 Å². The Labute approximate surface area is 142 Å². The highest BCUT2D eigenvalue weighted by Crippen LogP contribution is 2.52. The van der Waals surface area contributed by atoms with Crippen LogP contribution in [0.25, 0.3) is 0 Å². The molecule has 1 aromatic rings. The van der Waals surface area contributed by atoms with E-state index >= 15 is 0 Å². The molecule has 2 unspecified atom stereocenters. The Kier molecular flexibility index (Phi) is 3.61. The predicted molar refractivity (Wildman–Crippen MR) is 87.9 cm³/mol. The number of carbonyl (C=O) groups excluding carboxylic acids is 1. The van der Waals surface area contributed by atoms with Crippen molar-refractivity contribution in [2.24, 2.45) is 11.3 Å². The number of rotatable bonds is 3. The summed E-state index contributed by atoms with van der Waals surface area (Å²) in [5.41, 5.74) is 0.489. The van der Waals surface area contributed by atoms with E-state index in [-0.39, 0.29) is 17.4 Å². The third-order valence-corrected chi connectivity index (χ3v) is 5.85. The summed E-state index contributed by atoms with van der Waals surface area (Å²) in [6, 6.07) is 1.94. The Morgan fingerprint density at radius 1 is 1.50 bits per heavy atom. The monoisotopic (exact) mass is 334 g/mol. The number of nitrogens with one attached hydrogen (secondary N) is 1. The topological polar surface area (TPSA) is 79.6 Å². The first-order valence-corrected chi connectivity index (χ1v) is 8.79. The number of carbonyl (C=O) groups is 1. The molecule has 2 aliphatic heterocycles. The van der Waals surface area contributed by atoms with Crippen molar-refractivity contribution in [1.29, 1.82) is 0 Å². The quantitative estimate of drug-likeness (QED) is 0.841. The third kappa shape index (κ3) is 2.33. The van der Waals surface area contributed by atoms with Crippen LogP contribution in [0.2, 0.25) is 0 Å². The summed E-state index contributed by atoms with van der Waals surface area (Å²) in [6.45, 7) is 6.74. The van der Waals surface area contributed by atoms with E-state index in [1.165, 1.54) is 0 Å². The largest absolute Gasteiger partial charge is 0.476 e. The van der Waals surface area contributed by atoms with E-state index in [0.29, 0.717) is 36.7 Å². The van der Waals surface area contributed by atoms with Gasteiger partial charge in [-0.25, -0.2) is 4.68 Å². The maximum Gasteiger partial charge on any atom is 0.272 e. The van der Waals surface area contributed by atoms with Gasteiger partial charge in [-0.15, -0.1) is 0 Å². The van der Waals surface area contributed by atoms with E-state index in [9.17, 15) is 9.90 Å². The second-order valence-corrected chi connectivity index (χ2v) is 7.96. The zero-order valence-corrected chi connectivity index (χ0v) is 14.5. The van der Waals surface area contributed by atoms with Crippen LogP contribution < -0.4 is 10.1 Å². The fraction of sp³-hybridized carbons (Fsp3) is 0.765. The van der Waals surface area contributed by atoms with Crippen LogP contribution in [0.1, 0.15) is 37.2 Å². The number of aliphatic hydroxyl groups excluding tert-OH is 1. The van der Waals surface area contributed by atoms with Gasteiger partial charge < -0.3 is 20.1 Å². The number of ether oxygens (including phenoxy) is 1. The van der Waals surface area contributed by atoms with Gasteiger partial charge in [0.25, 0.3) is 5.91 Å². The molecule has 0 radical (unpaired) electrons. The smallest absolute Gasteiger partial charge is 0.272 e. The van der Waals surface area contributed by atoms with Gasteiger partial charge in [-0.2, -0.15) is 5.10 Å². The second kappa shape index (κ2) is 5.46. The van der Waals surface area contributed by atoms with E-state index in [1.807, 2.05) is 0 Å². The van der Waals surface area contributed by atoms with Crippen molar-refractivity contribution in [1.82, 2.24) is 20.0 Å². The first kappa shape index (κ1) is 15.9. The van der Waals surface area contributed by atoms with E-state index < -0.39 is 6.10 Å². The maximum atomic E-state index is 12.5. The minimum Gasteiger partial charge on any atom is -0.476 e. The SMILES string of the molecule is CC(C)C1N(C)CC12C[C@@H](O)[C@H](NC(=O)c1cc3n(n1)CCO3)C2. The molecule has 24 heavy (non-hydrogen) atoms. The van der Waals surface area contributed by atoms with Crippen molar-refractivity contribution >= 4 is 5.91 Å². The molecule has 1 amide bonds. The summed E-state index contributed by atoms with van der Waals surface area (Å²) in [5.74, 6) is 0.957. The summed E-state index contributed by atoms with van der Waals surface area (Å²) >= 11 is 0. The molecule has 0 aromatic carbocycles.